The van der Waals surface area contributed by atoms with Crippen molar-refractivity contribution in [1.29, 1.82) is 0 Å². The van der Waals surface area contributed by atoms with E-state index in [1.807, 2.05) is 31.2 Å². The maximum atomic E-state index is 14.2. The second-order valence-electron chi connectivity index (χ2n) is 7.67. The van der Waals surface area contributed by atoms with Gasteiger partial charge in [-0.2, -0.15) is 0 Å². The number of halogens is 2. The summed E-state index contributed by atoms with van der Waals surface area (Å²) in [5, 5.41) is 12.0. The molecule has 0 radical (unpaired) electrons. The molecule has 1 unspecified atom stereocenters. The SMILES string of the molecule is Cc1c(CCC(=O)O)cccc1NC(=O)C(c1ccc(Br)c(F)c1)C1CCCC1. The van der Waals surface area contributed by atoms with Crippen molar-refractivity contribution in [1.82, 2.24) is 0 Å². The first kappa shape index (κ1) is 21.5. The number of carbonyl (C=O) groups excluding carboxylic acids is 1. The monoisotopic (exact) mass is 461 g/mol. The molecule has 0 spiro atoms. The highest BCUT2D eigenvalue weighted by Crippen LogP contribution is 2.39. The van der Waals surface area contributed by atoms with Crippen LogP contribution in [0.15, 0.2) is 40.9 Å². The fourth-order valence-electron chi connectivity index (χ4n) is 4.18. The van der Waals surface area contributed by atoms with E-state index in [2.05, 4.69) is 21.2 Å². The number of hydrogen-bond donors (Lipinski definition) is 2. The fraction of sp³-hybridized carbons (Fsp3) is 0.391. The van der Waals surface area contributed by atoms with Gasteiger partial charge in [-0.1, -0.05) is 31.0 Å². The third kappa shape index (κ3) is 5.24. The van der Waals surface area contributed by atoms with E-state index in [0.717, 1.165) is 36.8 Å². The van der Waals surface area contributed by atoms with Crippen LogP contribution in [0.4, 0.5) is 10.1 Å². The average molecular weight is 462 g/mol. The third-order valence-corrected chi connectivity index (χ3v) is 6.41. The van der Waals surface area contributed by atoms with E-state index in [1.165, 1.54) is 6.07 Å². The van der Waals surface area contributed by atoms with E-state index in [4.69, 9.17) is 5.11 Å². The summed E-state index contributed by atoms with van der Waals surface area (Å²) in [6.07, 6.45) is 4.52. The molecule has 0 aromatic heterocycles. The van der Waals surface area contributed by atoms with Crippen molar-refractivity contribution in [3.8, 4) is 0 Å². The predicted molar refractivity (Wildman–Crippen MR) is 115 cm³/mol. The Bertz CT molecular complexity index is 909. The van der Waals surface area contributed by atoms with E-state index in [9.17, 15) is 14.0 Å². The number of amides is 1. The van der Waals surface area contributed by atoms with Gasteiger partial charge in [-0.15, -0.1) is 0 Å². The molecule has 2 aromatic carbocycles. The molecule has 3 rings (SSSR count). The van der Waals surface area contributed by atoms with Crippen LogP contribution in [0.5, 0.6) is 0 Å². The number of nitrogens with one attached hydrogen (secondary N) is 1. The molecule has 4 nitrogen and oxygen atoms in total. The normalized spacial score (nSPS) is 15.3. The molecule has 154 valence electrons. The highest BCUT2D eigenvalue weighted by Gasteiger charge is 2.32. The summed E-state index contributed by atoms with van der Waals surface area (Å²) in [5.74, 6) is -1.59. The number of hydrogen-bond acceptors (Lipinski definition) is 2. The standard InChI is InChI=1S/C23H25BrFNO3/c1-14-15(10-12-21(27)28)7-4-8-20(14)26-23(29)22(16-5-2-3-6-16)17-9-11-18(24)19(25)13-17/h4,7-9,11,13,16,22H,2-3,5-6,10,12H2,1H3,(H,26,29)(H,27,28). The van der Waals surface area contributed by atoms with Crippen molar-refractivity contribution < 1.29 is 19.1 Å². The number of aliphatic carboxylic acids is 1. The predicted octanol–water partition coefficient (Wildman–Crippen LogP) is 5.83. The minimum atomic E-state index is -0.850. The molecule has 1 fully saturated rings. The van der Waals surface area contributed by atoms with E-state index in [1.54, 1.807) is 6.07 Å². The van der Waals surface area contributed by atoms with Gasteiger partial charge in [-0.05, 0) is 82.9 Å². The molecule has 2 N–H and O–H groups in total. The van der Waals surface area contributed by atoms with E-state index >= 15 is 0 Å². The van der Waals surface area contributed by atoms with Crippen molar-refractivity contribution in [3.63, 3.8) is 0 Å². The zero-order chi connectivity index (χ0) is 21.0. The van der Waals surface area contributed by atoms with Crippen molar-refractivity contribution in [3.05, 3.63) is 63.4 Å². The number of rotatable bonds is 7. The fourth-order valence-corrected chi connectivity index (χ4v) is 4.42. The molecule has 1 amide bonds. The molecular weight excluding hydrogens is 437 g/mol. The topological polar surface area (TPSA) is 66.4 Å². The van der Waals surface area contributed by atoms with E-state index in [0.29, 0.717) is 22.1 Å². The summed E-state index contributed by atoms with van der Waals surface area (Å²) in [4.78, 5) is 24.2. The van der Waals surface area contributed by atoms with E-state index in [-0.39, 0.29) is 24.1 Å². The Hall–Kier alpha value is -2.21. The number of anilines is 1. The molecule has 1 atom stereocenters. The highest BCUT2D eigenvalue weighted by atomic mass is 79.9. The summed E-state index contributed by atoms with van der Waals surface area (Å²) in [5.41, 5.74) is 3.14. The number of carbonyl (C=O) groups is 2. The van der Waals surface area contributed by atoms with Gasteiger partial charge in [0.05, 0.1) is 10.4 Å². The summed E-state index contributed by atoms with van der Waals surface area (Å²) in [7, 11) is 0. The van der Waals surface area contributed by atoms with Gasteiger partial charge in [0.25, 0.3) is 0 Å². The number of carboxylic acid groups (broad SMARTS) is 1. The van der Waals surface area contributed by atoms with Gasteiger partial charge < -0.3 is 10.4 Å². The first-order chi connectivity index (χ1) is 13.9. The second kappa shape index (κ2) is 9.53. The molecule has 1 aliphatic carbocycles. The number of carboxylic acids is 1. The number of aryl methyl sites for hydroxylation is 1. The van der Waals surface area contributed by atoms with Gasteiger partial charge >= 0.3 is 5.97 Å². The van der Waals surface area contributed by atoms with Gasteiger partial charge in [-0.25, -0.2) is 4.39 Å². The Morgan fingerprint density at radius 2 is 1.97 bits per heavy atom. The Kier molecular flexibility index (Phi) is 7.06. The van der Waals surface area contributed by atoms with E-state index < -0.39 is 11.9 Å². The lowest BCUT2D eigenvalue weighted by molar-refractivity contribution is -0.137. The van der Waals surface area contributed by atoms with Crippen LogP contribution in [-0.4, -0.2) is 17.0 Å². The summed E-state index contributed by atoms with van der Waals surface area (Å²) in [6, 6.07) is 10.4. The molecule has 29 heavy (non-hydrogen) atoms. The summed E-state index contributed by atoms with van der Waals surface area (Å²) in [6.45, 7) is 1.89. The number of benzene rings is 2. The van der Waals surface area contributed by atoms with Gasteiger partial charge in [0.1, 0.15) is 5.82 Å². The average Bonchev–Trinajstić information content (AvgIpc) is 3.19. The maximum Gasteiger partial charge on any atom is 0.303 e. The molecule has 2 aromatic rings. The molecule has 6 heteroatoms. The van der Waals surface area contributed by atoms with Crippen LogP contribution in [0.25, 0.3) is 0 Å². The molecule has 1 saturated carbocycles. The third-order valence-electron chi connectivity index (χ3n) is 5.77. The Morgan fingerprint density at radius 1 is 1.24 bits per heavy atom. The zero-order valence-corrected chi connectivity index (χ0v) is 18.0. The second-order valence-corrected chi connectivity index (χ2v) is 8.52. The molecule has 0 bridgehead atoms. The van der Waals surface area contributed by atoms with Crippen LogP contribution in [0.1, 0.15) is 54.7 Å². The lowest BCUT2D eigenvalue weighted by atomic mass is 9.84. The molecule has 0 saturated heterocycles. The van der Waals surface area contributed by atoms with Crippen molar-refractivity contribution in [2.45, 2.75) is 51.4 Å². The molecule has 0 heterocycles. The van der Waals surface area contributed by atoms with Gasteiger partial charge in [0.2, 0.25) is 5.91 Å². The quantitative estimate of drug-likeness (QED) is 0.545. The van der Waals surface area contributed by atoms with Crippen molar-refractivity contribution >= 4 is 33.5 Å². The minimum absolute atomic E-state index is 0.0428. The Balaban J connectivity index is 1.86. The summed E-state index contributed by atoms with van der Waals surface area (Å²) < 4.78 is 14.5. The largest absolute Gasteiger partial charge is 0.481 e. The Labute approximate surface area is 178 Å². The zero-order valence-electron chi connectivity index (χ0n) is 16.4. The van der Waals surface area contributed by atoms with Crippen LogP contribution in [0, 0.1) is 18.7 Å². The summed E-state index contributed by atoms with van der Waals surface area (Å²) >= 11 is 3.18. The Morgan fingerprint density at radius 3 is 2.62 bits per heavy atom. The lowest BCUT2D eigenvalue weighted by Gasteiger charge is -2.24. The van der Waals surface area contributed by atoms with Crippen molar-refractivity contribution in [2.24, 2.45) is 5.92 Å². The van der Waals surface area contributed by atoms with Crippen LogP contribution in [0.2, 0.25) is 0 Å². The van der Waals surface area contributed by atoms with Crippen LogP contribution >= 0.6 is 15.9 Å². The first-order valence-electron chi connectivity index (χ1n) is 9.93. The van der Waals surface area contributed by atoms with Crippen LogP contribution in [-0.2, 0) is 16.0 Å². The maximum absolute atomic E-state index is 14.2. The smallest absolute Gasteiger partial charge is 0.303 e. The molecule has 1 aliphatic rings. The lowest BCUT2D eigenvalue weighted by Crippen LogP contribution is -2.27. The van der Waals surface area contributed by atoms with Crippen molar-refractivity contribution in [2.75, 3.05) is 5.32 Å². The van der Waals surface area contributed by atoms with Crippen LogP contribution < -0.4 is 5.32 Å². The molecular formula is C23H25BrFNO3. The van der Waals surface area contributed by atoms with Crippen LogP contribution in [0.3, 0.4) is 0 Å². The first-order valence-corrected chi connectivity index (χ1v) is 10.7. The van der Waals surface area contributed by atoms with Gasteiger partial charge in [-0.3, -0.25) is 9.59 Å². The minimum Gasteiger partial charge on any atom is -0.481 e. The molecule has 0 aliphatic heterocycles. The highest BCUT2D eigenvalue weighted by molar-refractivity contribution is 9.10. The van der Waals surface area contributed by atoms with Gasteiger partial charge in [0, 0.05) is 12.1 Å². The van der Waals surface area contributed by atoms with Gasteiger partial charge in [0.15, 0.2) is 0 Å².